The van der Waals surface area contributed by atoms with Gasteiger partial charge in [0, 0.05) is 25.6 Å². The number of imidazole rings is 1. The minimum absolute atomic E-state index is 0.241. The molecule has 1 N–H and O–H groups in total. The second kappa shape index (κ2) is 4.52. The summed E-state index contributed by atoms with van der Waals surface area (Å²) in [5, 5.41) is 2.74. The molecule has 0 unspecified atom stereocenters. The number of nitrogens with one attached hydrogen (secondary N) is 1. The predicted molar refractivity (Wildman–Crippen MR) is 56.4 cm³/mol. The van der Waals surface area contributed by atoms with Gasteiger partial charge in [-0.15, -0.1) is 0 Å². The van der Waals surface area contributed by atoms with Gasteiger partial charge in [-0.2, -0.15) is 0 Å². The molecular weight excluding hydrogens is 206 g/mol. The number of carbonyl (C=O) groups is 1. The maximum Gasteiger partial charge on any atom is 0.271 e. The Balaban J connectivity index is 1.97. The molecule has 2 rings (SSSR count). The lowest BCUT2D eigenvalue weighted by Crippen LogP contribution is -2.24. The molecular formula is C10H11N5O. The van der Waals surface area contributed by atoms with Gasteiger partial charge < -0.3 is 9.88 Å². The second-order valence-electron chi connectivity index (χ2n) is 3.27. The van der Waals surface area contributed by atoms with Crippen molar-refractivity contribution in [2.45, 2.75) is 6.54 Å². The van der Waals surface area contributed by atoms with Crippen molar-refractivity contribution in [3.8, 4) is 0 Å². The van der Waals surface area contributed by atoms with Gasteiger partial charge >= 0.3 is 0 Å². The number of aryl methyl sites for hydroxylation is 1. The van der Waals surface area contributed by atoms with Gasteiger partial charge in [-0.05, 0) is 0 Å². The first-order chi connectivity index (χ1) is 7.77. The van der Waals surface area contributed by atoms with Crippen LogP contribution < -0.4 is 5.32 Å². The van der Waals surface area contributed by atoms with Crippen molar-refractivity contribution < 1.29 is 4.79 Å². The van der Waals surface area contributed by atoms with Crippen LogP contribution in [0.4, 0.5) is 0 Å². The van der Waals surface area contributed by atoms with Gasteiger partial charge in [0.15, 0.2) is 0 Å². The quantitative estimate of drug-likeness (QED) is 0.793. The molecule has 0 saturated carbocycles. The summed E-state index contributed by atoms with van der Waals surface area (Å²) in [6, 6.07) is 0. The van der Waals surface area contributed by atoms with Crippen LogP contribution in [0.1, 0.15) is 16.2 Å². The Kier molecular flexibility index (Phi) is 2.90. The van der Waals surface area contributed by atoms with E-state index in [9.17, 15) is 4.79 Å². The minimum atomic E-state index is -0.241. The number of nitrogens with zero attached hydrogens (tertiary/aromatic N) is 4. The van der Waals surface area contributed by atoms with Crippen molar-refractivity contribution in [2.24, 2.45) is 7.05 Å². The third kappa shape index (κ3) is 2.22. The first-order valence-electron chi connectivity index (χ1n) is 4.77. The van der Waals surface area contributed by atoms with E-state index in [1.807, 2.05) is 11.6 Å². The van der Waals surface area contributed by atoms with Crippen LogP contribution in [0.3, 0.4) is 0 Å². The number of aromatic nitrogens is 4. The third-order valence-electron chi connectivity index (χ3n) is 2.14. The Labute approximate surface area is 92.4 Å². The molecule has 0 aliphatic carbocycles. The highest BCUT2D eigenvalue weighted by molar-refractivity contribution is 5.91. The number of hydrogen-bond donors (Lipinski definition) is 1. The van der Waals surface area contributed by atoms with E-state index < -0.39 is 0 Å². The lowest BCUT2D eigenvalue weighted by molar-refractivity contribution is 0.0944. The van der Waals surface area contributed by atoms with Crippen LogP contribution in [0.5, 0.6) is 0 Å². The highest BCUT2D eigenvalue weighted by atomic mass is 16.1. The molecule has 0 aliphatic heterocycles. The van der Waals surface area contributed by atoms with Crippen LogP contribution in [0.25, 0.3) is 0 Å². The fourth-order valence-electron chi connectivity index (χ4n) is 1.23. The largest absolute Gasteiger partial charge is 0.345 e. The zero-order chi connectivity index (χ0) is 11.4. The molecule has 0 aliphatic rings. The maximum absolute atomic E-state index is 11.6. The summed E-state index contributed by atoms with van der Waals surface area (Å²) < 4.78 is 1.84. The summed E-state index contributed by atoms with van der Waals surface area (Å²) >= 11 is 0. The Bertz CT molecular complexity index is 479. The zero-order valence-electron chi connectivity index (χ0n) is 8.79. The number of carbonyl (C=O) groups excluding carboxylic acids is 1. The molecule has 0 aromatic carbocycles. The second-order valence-corrected chi connectivity index (χ2v) is 3.27. The van der Waals surface area contributed by atoms with Crippen LogP contribution in [0.2, 0.25) is 0 Å². The summed E-state index contributed by atoms with van der Waals surface area (Å²) in [5.41, 5.74) is 1.24. The van der Waals surface area contributed by atoms with E-state index >= 15 is 0 Å². The van der Waals surface area contributed by atoms with Gasteiger partial charge in [-0.3, -0.25) is 9.78 Å². The first kappa shape index (κ1) is 10.3. The number of hydrogen-bond acceptors (Lipinski definition) is 4. The van der Waals surface area contributed by atoms with Crippen LogP contribution in [-0.4, -0.2) is 25.4 Å². The van der Waals surface area contributed by atoms with E-state index in [0.717, 1.165) is 5.69 Å². The van der Waals surface area contributed by atoms with Crippen molar-refractivity contribution >= 4 is 5.91 Å². The van der Waals surface area contributed by atoms with Gasteiger partial charge in [0.05, 0.1) is 24.8 Å². The monoisotopic (exact) mass is 217 g/mol. The Morgan fingerprint density at radius 2 is 2.25 bits per heavy atom. The van der Waals surface area contributed by atoms with Crippen molar-refractivity contribution in [3.05, 3.63) is 42.5 Å². The van der Waals surface area contributed by atoms with E-state index in [4.69, 9.17) is 0 Å². The Morgan fingerprint density at radius 1 is 1.38 bits per heavy atom. The Morgan fingerprint density at radius 3 is 2.88 bits per heavy atom. The molecule has 0 spiro atoms. The molecule has 1 amide bonds. The topological polar surface area (TPSA) is 72.7 Å². The highest BCUT2D eigenvalue weighted by Crippen LogP contribution is 1.96. The molecule has 2 heterocycles. The molecule has 0 atom stereocenters. The summed E-state index contributed by atoms with van der Waals surface area (Å²) in [6.45, 7) is 0.423. The van der Waals surface area contributed by atoms with E-state index in [2.05, 4.69) is 20.3 Å². The van der Waals surface area contributed by atoms with Crippen molar-refractivity contribution in [1.82, 2.24) is 24.8 Å². The minimum Gasteiger partial charge on any atom is -0.345 e. The SMILES string of the molecule is Cn1cncc1CNC(=O)c1cnccn1. The summed E-state index contributed by atoms with van der Waals surface area (Å²) in [5.74, 6) is -0.241. The van der Waals surface area contributed by atoms with Gasteiger partial charge in [0.1, 0.15) is 5.69 Å². The van der Waals surface area contributed by atoms with Crippen LogP contribution in [0, 0.1) is 0 Å². The predicted octanol–water partition coefficient (Wildman–Crippen LogP) is 0.140. The lowest BCUT2D eigenvalue weighted by atomic mass is 10.4. The smallest absolute Gasteiger partial charge is 0.271 e. The first-order valence-corrected chi connectivity index (χ1v) is 4.77. The average Bonchev–Trinajstić information content (AvgIpc) is 2.73. The van der Waals surface area contributed by atoms with E-state index in [1.54, 1.807) is 12.5 Å². The molecule has 16 heavy (non-hydrogen) atoms. The van der Waals surface area contributed by atoms with Crippen molar-refractivity contribution in [3.63, 3.8) is 0 Å². The maximum atomic E-state index is 11.6. The van der Waals surface area contributed by atoms with E-state index in [0.29, 0.717) is 12.2 Å². The zero-order valence-corrected chi connectivity index (χ0v) is 8.79. The lowest BCUT2D eigenvalue weighted by Gasteiger charge is -2.04. The van der Waals surface area contributed by atoms with Crippen LogP contribution in [-0.2, 0) is 13.6 Å². The molecule has 2 aromatic rings. The van der Waals surface area contributed by atoms with Crippen LogP contribution in [0.15, 0.2) is 31.1 Å². The fourth-order valence-corrected chi connectivity index (χ4v) is 1.23. The molecule has 0 bridgehead atoms. The molecule has 6 nitrogen and oxygen atoms in total. The summed E-state index contributed by atoms with van der Waals surface area (Å²) in [6.07, 6.45) is 7.83. The molecule has 6 heteroatoms. The molecule has 0 saturated heterocycles. The summed E-state index contributed by atoms with van der Waals surface area (Å²) in [7, 11) is 1.87. The van der Waals surface area contributed by atoms with E-state index in [1.165, 1.54) is 18.6 Å². The summed E-state index contributed by atoms with van der Waals surface area (Å²) in [4.78, 5) is 23.3. The standard InChI is InChI=1S/C10H11N5O/c1-15-7-12-4-8(15)5-14-10(16)9-6-11-2-3-13-9/h2-4,6-7H,5H2,1H3,(H,14,16). The molecule has 82 valence electrons. The average molecular weight is 217 g/mol. The third-order valence-corrected chi connectivity index (χ3v) is 2.14. The van der Waals surface area contributed by atoms with Crippen molar-refractivity contribution in [1.29, 1.82) is 0 Å². The fraction of sp³-hybridized carbons (Fsp3) is 0.200. The van der Waals surface area contributed by atoms with Crippen molar-refractivity contribution in [2.75, 3.05) is 0 Å². The molecule has 0 fully saturated rings. The van der Waals surface area contributed by atoms with Gasteiger partial charge in [-0.25, -0.2) is 9.97 Å². The van der Waals surface area contributed by atoms with Gasteiger partial charge in [-0.1, -0.05) is 0 Å². The number of rotatable bonds is 3. The van der Waals surface area contributed by atoms with Gasteiger partial charge in [0.25, 0.3) is 5.91 Å². The number of amides is 1. The van der Waals surface area contributed by atoms with E-state index in [-0.39, 0.29) is 5.91 Å². The normalized spacial score (nSPS) is 10.1. The molecule has 2 aromatic heterocycles. The Hall–Kier alpha value is -2.24. The van der Waals surface area contributed by atoms with Gasteiger partial charge in [0.2, 0.25) is 0 Å². The highest BCUT2D eigenvalue weighted by Gasteiger charge is 2.07. The van der Waals surface area contributed by atoms with Crippen LogP contribution >= 0.6 is 0 Å². The molecule has 0 radical (unpaired) electrons.